The Hall–Kier alpha value is -2.83. The average molecular weight is 380 g/mol. The Kier molecular flexibility index (Phi) is 6.11. The Morgan fingerprint density at radius 3 is 2.33 bits per heavy atom. The van der Waals surface area contributed by atoms with Crippen molar-refractivity contribution in [2.45, 2.75) is 20.0 Å². The summed E-state index contributed by atoms with van der Waals surface area (Å²) in [5, 5.41) is 3.13. The molecular weight excluding hydrogens is 360 g/mol. The predicted octanol–water partition coefficient (Wildman–Crippen LogP) is 4.40. The van der Waals surface area contributed by atoms with E-state index in [1.165, 1.54) is 11.3 Å². The van der Waals surface area contributed by atoms with Crippen LogP contribution in [-0.2, 0) is 9.53 Å². The fraction of sp³-hybridized carbons (Fsp3) is 0.190. The van der Waals surface area contributed by atoms with Crippen LogP contribution in [0.2, 0.25) is 0 Å². The molecule has 5 nitrogen and oxygen atoms in total. The van der Waals surface area contributed by atoms with E-state index in [4.69, 9.17) is 4.74 Å². The number of hydrogen-bond acceptors (Lipinski definition) is 5. The molecule has 0 fully saturated rings. The highest BCUT2D eigenvalue weighted by Crippen LogP contribution is 2.33. The van der Waals surface area contributed by atoms with Gasteiger partial charge < -0.3 is 4.74 Å². The maximum atomic E-state index is 13.0. The summed E-state index contributed by atoms with van der Waals surface area (Å²) in [4.78, 5) is 30.3. The first-order chi connectivity index (χ1) is 13.1. The maximum Gasteiger partial charge on any atom is 0.254 e. The number of carbonyl (C=O) groups excluding carboxylic acids is 2. The topological polar surface area (TPSA) is 68.3 Å². The summed E-state index contributed by atoms with van der Waals surface area (Å²) < 4.78 is 5.31. The Bertz CT molecular complexity index is 923. The lowest BCUT2D eigenvalue weighted by Crippen LogP contribution is -2.27. The molecule has 0 aliphatic rings. The van der Waals surface area contributed by atoms with Crippen LogP contribution in [0.1, 0.15) is 29.1 Å². The molecule has 1 amide bonds. The van der Waals surface area contributed by atoms with E-state index in [-0.39, 0.29) is 11.7 Å². The summed E-state index contributed by atoms with van der Waals surface area (Å²) in [6, 6.07) is 18.5. The highest BCUT2D eigenvalue weighted by atomic mass is 32.1. The Labute approximate surface area is 162 Å². The van der Waals surface area contributed by atoms with Gasteiger partial charge in [-0.15, -0.1) is 0 Å². The Morgan fingerprint density at radius 1 is 1.07 bits per heavy atom. The minimum atomic E-state index is -0.590. The van der Waals surface area contributed by atoms with Crippen LogP contribution >= 0.6 is 11.3 Å². The van der Waals surface area contributed by atoms with Gasteiger partial charge in [0.1, 0.15) is 11.0 Å². The quantitative estimate of drug-likeness (QED) is 0.617. The third kappa shape index (κ3) is 4.48. The zero-order chi connectivity index (χ0) is 19.2. The van der Waals surface area contributed by atoms with E-state index in [1.54, 1.807) is 19.1 Å². The van der Waals surface area contributed by atoms with Crippen LogP contribution in [0.15, 0.2) is 60.7 Å². The number of rotatable bonds is 7. The third-order valence-corrected chi connectivity index (χ3v) is 4.90. The SMILES string of the molecule is CCOC(C)C(=O)Nc1nc(-c2ccccc2)c(C(=O)c2ccccc2)s1. The first kappa shape index (κ1) is 18.9. The van der Waals surface area contributed by atoms with Gasteiger partial charge >= 0.3 is 0 Å². The Morgan fingerprint density at radius 2 is 1.70 bits per heavy atom. The molecule has 0 aliphatic carbocycles. The minimum absolute atomic E-state index is 0.120. The van der Waals surface area contributed by atoms with Crippen molar-refractivity contribution in [3.05, 3.63) is 71.1 Å². The zero-order valence-corrected chi connectivity index (χ0v) is 16.0. The molecular formula is C21H20N2O3S. The highest BCUT2D eigenvalue weighted by molar-refractivity contribution is 7.18. The van der Waals surface area contributed by atoms with Crippen LogP contribution in [0.3, 0.4) is 0 Å². The molecule has 27 heavy (non-hydrogen) atoms. The summed E-state index contributed by atoms with van der Waals surface area (Å²) >= 11 is 1.17. The van der Waals surface area contributed by atoms with E-state index >= 15 is 0 Å². The van der Waals surface area contributed by atoms with Crippen LogP contribution in [0.4, 0.5) is 5.13 Å². The number of nitrogens with one attached hydrogen (secondary N) is 1. The number of ether oxygens (including phenoxy) is 1. The van der Waals surface area contributed by atoms with Crippen molar-refractivity contribution in [1.82, 2.24) is 4.98 Å². The summed E-state index contributed by atoms with van der Waals surface area (Å²) in [7, 11) is 0. The van der Waals surface area contributed by atoms with Gasteiger partial charge in [-0.2, -0.15) is 0 Å². The van der Waals surface area contributed by atoms with Gasteiger partial charge in [0.25, 0.3) is 5.91 Å². The second-order valence-electron chi connectivity index (χ2n) is 5.84. The molecule has 1 atom stereocenters. The van der Waals surface area contributed by atoms with Gasteiger partial charge in [-0.1, -0.05) is 72.0 Å². The fourth-order valence-electron chi connectivity index (χ4n) is 2.57. The highest BCUT2D eigenvalue weighted by Gasteiger charge is 2.22. The van der Waals surface area contributed by atoms with Crippen LogP contribution < -0.4 is 5.32 Å². The molecule has 0 aliphatic heterocycles. The van der Waals surface area contributed by atoms with Crippen LogP contribution in [0, 0.1) is 0 Å². The molecule has 3 aromatic rings. The number of nitrogens with zero attached hydrogens (tertiary/aromatic N) is 1. The summed E-state index contributed by atoms with van der Waals surface area (Å²) in [5.41, 5.74) is 1.97. The molecule has 138 valence electrons. The molecule has 0 bridgehead atoms. The van der Waals surface area contributed by atoms with Crippen molar-refractivity contribution in [3.63, 3.8) is 0 Å². The molecule has 1 unspecified atom stereocenters. The fourth-order valence-corrected chi connectivity index (χ4v) is 3.53. The number of hydrogen-bond donors (Lipinski definition) is 1. The number of amides is 1. The molecule has 0 saturated heterocycles. The third-order valence-electron chi connectivity index (χ3n) is 3.93. The van der Waals surface area contributed by atoms with Gasteiger partial charge in [-0.05, 0) is 13.8 Å². The number of carbonyl (C=O) groups is 2. The van der Waals surface area contributed by atoms with Crippen molar-refractivity contribution >= 4 is 28.2 Å². The summed E-state index contributed by atoms with van der Waals surface area (Å²) in [6.45, 7) is 3.96. The number of aromatic nitrogens is 1. The Balaban J connectivity index is 1.97. The van der Waals surface area contributed by atoms with Crippen molar-refractivity contribution in [1.29, 1.82) is 0 Å². The number of thiazole rings is 1. The first-order valence-electron chi connectivity index (χ1n) is 8.68. The van der Waals surface area contributed by atoms with E-state index in [0.717, 1.165) is 5.56 Å². The van der Waals surface area contributed by atoms with Crippen LogP contribution in [-0.4, -0.2) is 29.4 Å². The van der Waals surface area contributed by atoms with Gasteiger partial charge in [0.2, 0.25) is 5.78 Å². The molecule has 2 aromatic carbocycles. The second kappa shape index (κ2) is 8.70. The van der Waals surface area contributed by atoms with E-state index < -0.39 is 6.10 Å². The average Bonchev–Trinajstić information content (AvgIpc) is 3.12. The molecule has 0 spiro atoms. The number of ketones is 1. The first-order valence-corrected chi connectivity index (χ1v) is 9.50. The van der Waals surface area contributed by atoms with E-state index in [9.17, 15) is 9.59 Å². The predicted molar refractivity (Wildman–Crippen MR) is 107 cm³/mol. The van der Waals surface area contributed by atoms with Gasteiger partial charge in [0.15, 0.2) is 5.13 Å². The lowest BCUT2D eigenvalue weighted by molar-refractivity contribution is -0.126. The van der Waals surface area contributed by atoms with E-state index in [0.29, 0.717) is 27.9 Å². The van der Waals surface area contributed by atoms with Crippen molar-refractivity contribution < 1.29 is 14.3 Å². The molecule has 6 heteroatoms. The van der Waals surface area contributed by atoms with Gasteiger partial charge in [0.05, 0.1) is 5.69 Å². The summed E-state index contributed by atoms with van der Waals surface area (Å²) in [5.74, 6) is -0.408. The molecule has 1 N–H and O–H groups in total. The van der Waals surface area contributed by atoms with Gasteiger partial charge in [0, 0.05) is 17.7 Å². The van der Waals surface area contributed by atoms with E-state index in [2.05, 4.69) is 10.3 Å². The summed E-state index contributed by atoms with van der Waals surface area (Å²) in [6.07, 6.45) is -0.590. The smallest absolute Gasteiger partial charge is 0.254 e. The zero-order valence-electron chi connectivity index (χ0n) is 15.1. The van der Waals surface area contributed by atoms with Gasteiger partial charge in [-0.3, -0.25) is 14.9 Å². The van der Waals surface area contributed by atoms with Crippen molar-refractivity contribution in [2.75, 3.05) is 11.9 Å². The molecule has 1 aromatic heterocycles. The maximum absolute atomic E-state index is 13.0. The normalized spacial score (nSPS) is 11.8. The number of benzene rings is 2. The van der Waals surface area contributed by atoms with Crippen molar-refractivity contribution in [3.8, 4) is 11.3 Å². The van der Waals surface area contributed by atoms with Crippen LogP contribution in [0.5, 0.6) is 0 Å². The number of anilines is 1. The molecule has 1 heterocycles. The standard InChI is InChI=1S/C21H20N2O3S/c1-3-26-14(2)20(25)23-21-22-17(15-10-6-4-7-11-15)19(27-21)18(24)16-12-8-5-9-13-16/h4-14H,3H2,1-2H3,(H,22,23,25). The lowest BCUT2D eigenvalue weighted by atomic mass is 10.1. The second-order valence-corrected chi connectivity index (χ2v) is 6.84. The minimum Gasteiger partial charge on any atom is -0.369 e. The van der Waals surface area contributed by atoms with E-state index in [1.807, 2.05) is 55.5 Å². The van der Waals surface area contributed by atoms with Gasteiger partial charge in [-0.25, -0.2) is 4.98 Å². The molecule has 0 saturated carbocycles. The lowest BCUT2D eigenvalue weighted by Gasteiger charge is -2.09. The largest absolute Gasteiger partial charge is 0.369 e. The van der Waals surface area contributed by atoms with Crippen LogP contribution in [0.25, 0.3) is 11.3 Å². The molecule has 3 rings (SSSR count). The molecule has 0 radical (unpaired) electrons. The van der Waals surface area contributed by atoms with Crippen molar-refractivity contribution in [2.24, 2.45) is 0 Å². The monoisotopic (exact) mass is 380 g/mol.